The van der Waals surface area contributed by atoms with Crippen LogP contribution in [0.2, 0.25) is 5.32 Å². The Bertz CT molecular complexity index is 172. The quantitative estimate of drug-likeness (QED) is 0.469. The Morgan fingerprint density at radius 1 is 1.38 bits per heavy atom. The van der Waals surface area contributed by atoms with Crippen molar-refractivity contribution in [1.82, 2.24) is 0 Å². The Morgan fingerprint density at radius 2 is 1.92 bits per heavy atom. The van der Waals surface area contributed by atoms with Crippen molar-refractivity contribution in [2.24, 2.45) is 0 Å². The van der Waals surface area contributed by atoms with Crippen LogP contribution in [-0.4, -0.2) is 63.0 Å². The number of alkyl halides is 3. The molecular weight excluding hydrogens is 378 g/mol. The Labute approximate surface area is 100 Å². The van der Waals surface area contributed by atoms with Crippen molar-refractivity contribution < 1.29 is 13.2 Å². The van der Waals surface area contributed by atoms with E-state index in [9.17, 15) is 13.2 Å². The van der Waals surface area contributed by atoms with Gasteiger partial charge in [-0.1, -0.05) is 0 Å². The van der Waals surface area contributed by atoms with Crippen LogP contribution in [0.5, 0.6) is 0 Å². The summed E-state index contributed by atoms with van der Waals surface area (Å²) in [6.45, 7) is 0. The van der Waals surface area contributed by atoms with Crippen molar-refractivity contribution in [3.63, 3.8) is 0 Å². The van der Waals surface area contributed by atoms with E-state index < -0.39 is 12.1 Å². The summed E-state index contributed by atoms with van der Waals surface area (Å²) >= 11 is 6.56. The molecular formula is C7H10F3Se3. The summed E-state index contributed by atoms with van der Waals surface area (Å²) < 4.78 is 38.4. The standard InChI is InChI=1S/C7H10F3Se3/c8-5(3-1-2-4-11)7(9,10)6(12)13/h5H,1-4H2,(H,12,13). The van der Waals surface area contributed by atoms with Gasteiger partial charge >= 0.3 is 101 Å². The van der Waals surface area contributed by atoms with Crippen LogP contribution in [0.3, 0.4) is 0 Å². The molecule has 0 bridgehead atoms. The predicted octanol–water partition coefficient (Wildman–Crippen LogP) is 0.916. The van der Waals surface area contributed by atoms with Gasteiger partial charge in [0.05, 0.1) is 0 Å². The second-order valence-electron chi connectivity index (χ2n) is 2.60. The van der Waals surface area contributed by atoms with Crippen LogP contribution in [0.1, 0.15) is 19.3 Å². The van der Waals surface area contributed by atoms with Gasteiger partial charge in [-0.15, -0.1) is 0 Å². The minimum absolute atomic E-state index is 0.0857. The maximum atomic E-state index is 12.9. The van der Waals surface area contributed by atoms with E-state index in [1.807, 2.05) is 0 Å². The van der Waals surface area contributed by atoms with Crippen LogP contribution < -0.4 is 0 Å². The average Bonchev–Trinajstić information content (AvgIpc) is 2.04. The summed E-state index contributed by atoms with van der Waals surface area (Å²) in [6.07, 6.45) is -0.919. The maximum absolute atomic E-state index is 12.9. The molecule has 0 aliphatic carbocycles. The SMILES string of the molecule is FC(CCCC[Se])C(F)(F)C(=[Se])[SeH]. The van der Waals surface area contributed by atoms with E-state index in [0.717, 1.165) is 11.7 Å². The summed E-state index contributed by atoms with van der Waals surface area (Å²) in [4.78, 5) is 0. The molecule has 77 valence electrons. The third kappa shape index (κ3) is 5.01. The third-order valence-electron chi connectivity index (χ3n) is 1.53. The van der Waals surface area contributed by atoms with Crippen molar-refractivity contribution in [3.8, 4) is 0 Å². The normalized spacial score (nSPS) is 14.2. The van der Waals surface area contributed by atoms with Gasteiger partial charge in [0.15, 0.2) is 0 Å². The van der Waals surface area contributed by atoms with Crippen molar-refractivity contribution in [2.75, 3.05) is 0 Å². The Balaban J connectivity index is 3.94. The molecule has 0 aliphatic heterocycles. The summed E-state index contributed by atoms with van der Waals surface area (Å²) in [7, 11) is 0. The zero-order chi connectivity index (χ0) is 10.5. The molecule has 0 aromatic rings. The Kier molecular flexibility index (Phi) is 7.28. The van der Waals surface area contributed by atoms with Gasteiger partial charge in [-0.2, -0.15) is 0 Å². The zero-order valence-corrected chi connectivity index (χ0v) is 12.1. The molecule has 1 atom stereocenters. The molecule has 13 heavy (non-hydrogen) atoms. The first-order valence-corrected chi connectivity index (χ1v) is 6.77. The summed E-state index contributed by atoms with van der Waals surface area (Å²) in [5.41, 5.74) is 0. The fourth-order valence-electron chi connectivity index (χ4n) is 0.741. The summed E-state index contributed by atoms with van der Waals surface area (Å²) in [5.74, 6) is -3.34. The van der Waals surface area contributed by atoms with E-state index >= 15 is 0 Å². The second-order valence-corrected chi connectivity index (χ2v) is 6.72. The minimum atomic E-state index is -3.34. The van der Waals surface area contributed by atoms with Crippen LogP contribution >= 0.6 is 0 Å². The number of rotatable bonds is 6. The van der Waals surface area contributed by atoms with E-state index in [2.05, 4.69) is 31.6 Å². The fourth-order valence-corrected chi connectivity index (χ4v) is 1.73. The fraction of sp³-hybridized carbons (Fsp3) is 0.857. The zero-order valence-electron chi connectivity index (χ0n) is 6.80. The second kappa shape index (κ2) is 6.66. The predicted molar refractivity (Wildman–Crippen MR) is 52.2 cm³/mol. The molecule has 1 unspecified atom stereocenters. The van der Waals surface area contributed by atoms with Gasteiger partial charge in [-0.25, -0.2) is 0 Å². The van der Waals surface area contributed by atoms with Crippen molar-refractivity contribution >= 4 is 50.9 Å². The van der Waals surface area contributed by atoms with E-state index in [1.165, 1.54) is 0 Å². The van der Waals surface area contributed by atoms with Crippen molar-refractivity contribution in [1.29, 1.82) is 0 Å². The van der Waals surface area contributed by atoms with Crippen LogP contribution in [0.15, 0.2) is 0 Å². The average molecular weight is 388 g/mol. The molecule has 0 N–H and O–H groups in total. The van der Waals surface area contributed by atoms with Crippen LogP contribution in [0, 0.1) is 0 Å². The molecule has 0 heterocycles. The summed E-state index contributed by atoms with van der Waals surface area (Å²) in [5, 5.41) is 0.787. The van der Waals surface area contributed by atoms with E-state index in [4.69, 9.17) is 0 Å². The Hall–Kier alpha value is 1.22. The molecule has 6 heteroatoms. The number of halogens is 3. The number of hydrogen-bond acceptors (Lipinski definition) is 0. The first-order chi connectivity index (χ1) is 5.92. The molecule has 0 spiro atoms. The Morgan fingerprint density at radius 3 is 2.31 bits per heavy atom. The van der Waals surface area contributed by atoms with Gasteiger partial charge in [0.2, 0.25) is 0 Å². The molecule has 0 amide bonds. The number of hydrogen-bond donors (Lipinski definition) is 0. The molecule has 0 aromatic carbocycles. The monoisotopic (exact) mass is 391 g/mol. The van der Waals surface area contributed by atoms with Gasteiger partial charge in [-0.05, 0) is 0 Å². The van der Waals surface area contributed by atoms with Crippen LogP contribution in [-0.2, 0) is 0 Å². The van der Waals surface area contributed by atoms with Gasteiger partial charge in [0.1, 0.15) is 0 Å². The first-order valence-electron chi connectivity index (χ1n) is 3.76. The molecule has 0 rings (SSSR count). The number of unbranched alkanes of at least 4 members (excludes halogenated alkanes) is 1. The molecule has 0 aliphatic rings. The van der Waals surface area contributed by atoms with E-state index in [-0.39, 0.29) is 9.74 Å². The summed E-state index contributed by atoms with van der Waals surface area (Å²) in [6, 6.07) is 0. The van der Waals surface area contributed by atoms with E-state index in [0.29, 0.717) is 6.42 Å². The topological polar surface area (TPSA) is 0 Å². The molecule has 0 aromatic heterocycles. The molecule has 0 fully saturated rings. The van der Waals surface area contributed by atoms with Crippen molar-refractivity contribution in [2.45, 2.75) is 36.7 Å². The van der Waals surface area contributed by atoms with Gasteiger partial charge in [0.25, 0.3) is 0 Å². The molecule has 0 saturated carbocycles. The third-order valence-corrected chi connectivity index (χ3v) is 3.33. The molecule has 0 nitrogen and oxygen atoms in total. The molecule has 1 radical (unpaired) electrons. The van der Waals surface area contributed by atoms with Gasteiger partial charge in [-0.3, -0.25) is 0 Å². The van der Waals surface area contributed by atoms with Gasteiger partial charge < -0.3 is 0 Å². The van der Waals surface area contributed by atoms with Gasteiger partial charge in [0, 0.05) is 0 Å². The van der Waals surface area contributed by atoms with E-state index in [1.54, 1.807) is 16.0 Å². The van der Waals surface area contributed by atoms with Crippen LogP contribution in [0.25, 0.3) is 0 Å². The first kappa shape index (κ1) is 14.2. The van der Waals surface area contributed by atoms with Crippen LogP contribution in [0.4, 0.5) is 13.2 Å². The van der Waals surface area contributed by atoms with Crippen molar-refractivity contribution in [3.05, 3.63) is 0 Å². The molecule has 0 saturated heterocycles.